The Morgan fingerprint density at radius 3 is 2.53 bits per heavy atom. The van der Waals surface area contributed by atoms with Crippen molar-refractivity contribution >= 4 is 17.3 Å². The van der Waals surface area contributed by atoms with Crippen LogP contribution in [0.5, 0.6) is 0 Å². The standard InChI is InChI=1S/C9H8FN5O2/c10-5-1-3-6(4-2-5)15(16)9(12)7-8(11)14-17-13-7/h1-4,12,16H,(H2,11,14). The molecule has 0 atom stereocenters. The van der Waals surface area contributed by atoms with Crippen molar-refractivity contribution in [2.45, 2.75) is 0 Å². The summed E-state index contributed by atoms with van der Waals surface area (Å²) in [7, 11) is 0. The Morgan fingerprint density at radius 1 is 1.35 bits per heavy atom. The molecule has 2 rings (SSSR count). The number of nitrogen functional groups attached to an aromatic ring is 1. The van der Waals surface area contributed by atoms with Crippen molar-refractivity contribution < 1.29 is 14.2 Å². The summed E-state index contributed by atoms with van der Waals surface area (Å²) < 4.78 is 17.0. The van der Waals surface area contributed by atoms with E-state index in [4.69, 9.17) is 11.1 Å². The molecule has 0 aliphatic rings. The number of benzene rings is 1. The maximum absolute atomic E-state index is 12.7. The van der Waals surface area contributed by atoms with Crippen LogP contribution in [0.1, 0.15) is 5.69 Å². The van der Waals surface area contributed by atoms with Gasteiger partial charge in [-0.1, -0.05) is 0 Å². The molecule has 1 aromatic heterocycles. The van der Waals surface area contributed by atoms with E-state index in [2.05, 4.69) is 14.9 Å². The highest BCUT2D eigenvalue weighted by Crippen LogP contribution is 2.16. The van der Waals surface area contributed by atoms with E-state index in [1.165, 1.54) is 12.1 Å². The van der Waals surface area contributed by atoms with Gasteiger partial charge in [-0.3, -0.25) is 10.6 Å². The molecule has 7 nitrogen and oxygen atoms in total. The van der Waals surface area contributed by atoms with Gasteiger partial charge >= 0.3 is 0 Å². The summed E-state index contributed by atoms with van der Waals surface area (Å²) in [6, 6.07) is 4.90. The molecule has 0 amide bonds. The fourth-order valence-corrected chi connectivity index (χ4v) is 1.17. The van der Waals surface area contributed by atoms with Crippen LogP contribution in [0.15, 0.2) is 28.9 Å². The molecular formula is C9H8FN5O2. The number of rotatable bonds is 2. The van der Waals surface area contributed by atoms with E-state index in [1.54, 1.807) is 0 Å². The maximum Gasteiger partial charge on any atom is 0.199 e. The minimum Gasteiger partial charge on any atom is -0.379 e. The molecule has 1 heterocycles. The maximum atomic E-state index is 12.7. The Hall–Kier alpha value is -2.48. The van der Waals surface area contributed by atoms with Gasteiger partial charge in [0.25, 0.3) is 0 Å². The predicted molar refractivity (Wildman–Crippen MR) is 56.2 cm³/mol. The van der Waals surface area contributed by atoms with Crippen LogP contribution in [0.25, 0.3) is 0 Å². The molecule has 0 saturated carbocycles. The lowest BCUT2D eigenvalue weighted by Crippen LogP contribution is -2.28. The summed E-state index contributed by atoms with van der Waals surface area (Å²) >= 11 is 0. The molecule has 0 saturated heterocycles. The Labute approximate surface area is 94.7 Å². The SMILES string of the molecule is N=C(c1nonc1N)N(O)c1ccc(F)cc1. The lowest BCUT2D eigenvalue weighted by atomic mass is 10.3. The number of hydrogen-bond donors (Lipinski definition) is 3. The number of nitrogens with two attached hydrogens (primary N) is 1. The summed E-state index contributed by atoms with van der Waals surface area (Å²) in [5.74, 6) is -0.984. The van der Waals surface area contributed by atoms with Crippen LogP contribution < -0.4 is 10.8 Å². The lowest BCUT2D eigenvalue weighted by molar-refractivity contribution is 0.300. The predicted octanol–water partition coefficient (Wildman–Crippen LogP) is 1.01. The second kappa shape index (κ2) is 4.18. The molecule has 8 heteroatoms. The van der Waals surface area contributed by atoms with Gasteiger partial charge in [0.15, 0.2) is 17.3 Å². The van der Waals surface area contributed by atoms with Crippen LogP contribution in [-0.2, 0) is 0 Å². The number of anilines is 2. The van der Waals surface area contributed by atoms with Gasteiger partial charge in [-0.2, -0.15) is 0 Å². The van der Waals surface area contributed by atoms with E-state index in [1.807, 2.05) is 0 Å². The number of hydrogen-bond acceptors (Lipinski definition) is 6. The minimum atomic E-state index is -0.448. The number of hydroxylamine groups is 1. The molecular weight excluding hydrogens is 229 g/mol. The van der Waals surface area contributed by atoms with E-state index in [0.717, 1.165) is 12.1 Å². The molecule has 0 unspecified atom stereocenters. The molecule has 17 heavy (non-hydrogen) atoms. The van der Waals surface area contributed by atoms with Gasteiger partial charge in [-0.05, 0) is 34.6 Å². The molecule has 0 aliphatic carbocycles. The number of nitrogens with zero attached hydrogens (tertiary/aromatic N) is 3. The molecule has 0 aliphatic heterocycles. The van der Waals surface area contributed by atoms with Crippen molar-refractivity contribution in [2.75, 3.05) is 10.8 Å². The third-order valence-electron chi connectivity index (χ3n) is 2.02. The zero-order valence-corrected chi connectivity index (χ0v) is 8.46. The van der Waals surface area contributed by atoms with Crippen molar-refractivity contribution in [3.8, 4) is 0 Å². The zero-order chi connectivity index (χ0) is 12.4. The third-order valence-corrected chi connectivity index (χ3v) is 2.02. The van der Waals surface area contributed by atoms with E-state index in [-0.39, 0.29) is 17.2 Å². The number of aromatic nitrogens is 2. The molecule has 0 spiro atoms. The second-order valence-electron chi connectivity index (χ2n) is 3.13. The number of nitrogens with one attached hydrogen (secondary N) is 1. The number of halogens is 1. The van der Waals surface area contributed by atoms with E-state index in [9.17, 15) is 9.60 Å². The molecule has 4 N–H and O–H groups in total. The molecule has 2 aromatic rings. The molecule has 0 radical (unpaired) electrons. The van der Waals surface area contributed by atoms with Crippen LogP contribution >= 0.6 is 0 Å². The molecule has 1 aromatic carbocycles. The summed E-state index contributed by atoms with van der Waals surface area (Å²) in [5, 5.41) is 24.5. The number of amidine groups is 1. The average Bonchev–Trinajstić information content (AvgIpc) is 2.74. The second-order valence-corrected chi connectivity index (χ2v) is 3.13. The fourth-order valence-electron chi connectivity index (χ4n) is 1.17. The zero-order valence-electron chi connectivity index (χ0n) is 8.46. The molecule has 0 bridgehead atoms. The monoisotopic (exact) mass is 237 g/mol. The molecule has 0 fully saturated rings. The molecule has 88 valence electrons. The van der Waals surface area contributed by atoms with E-state index < -0.39 is 11.7 Å². The van der Waals surface area contributed by atoms with Gasteiger partial charge in [0.1, 0.15) is 5.82 Å². The smallest absolute Gasteiger partial charge is 0.199 e. The summed E-state index contributed by atoms with van der Waals surface area (Å²) in [4.78, 5) is 0. The Bertz CT molecular complexity index is 539. The summed E-state index contributed by atoms with van der Waals surface area (Å²) in [6.07, 6.45) is 0. The highest BCUT2D eigenvalue weighted by atomic mass is 19.1. The van der Waals surface area contributed by atoms with Gasteiger partial charge < -0.3 is 5.73 Å². The van der Waals surface area contributed by atoms with Gasteiger partial charge in [-0.25, -0.2) is 14.1 Å². The average molecular weight is 237 g/mol. The summed E-state index contributed by atoms with van der Waals surface area (Å²) in [6.45, 7) is 0. The van der Waals surface area contributed by atoms with Gasteiger partial charge in [0.05, 0.1) is 5.69 Å². The lowest BCUT2D eigenvalue weighted by Gasteiger charge is -2.15. The highest BCUT2D eigenvalue weighted by molar-refractivity contribution is 6.07. The first-order valence-electron chi connectivity index (χ1n) is 4.51. The van der Waals surface area contributed by atoms with Gasteiger partial charge in [0, 0.05) is 0 Å². The van der Waals surface area contributed by atoms with E-state index >= 15 is 0 Å². The topological polar surface area (TPSA) is 112 Å². The van der Waals surface area contributed by atoms with Gasteiger partial charge in [-0.15, -0.1) is 0 Å². The van der Waals surface area contributed by atoms with Gasteiger partial charge in [0.2, 0.25) is 0 Å². The van der Waals surface area contributed by atoms with E-state index in [0.29, 0.717) is 5.06 Å². The Kier molecular flexibility index (Phi) is 2.71. The van der Waals surface area contributed by atoms with Crippen molar-refractivity contribution in [3.63, 3.8) is 0 Å². The van der Waals surface area contributed by atoms with Crippen molar-refractivity contribution in [2.24, 2.45) is 0 Å². The van der Waals surface area contributed by atoms with Crippen LogP contribution in [0.3, 0.4) is 0 Å². The first-order valence-corrected chi connectivity index (χ1v) is 4.51. The largest absolute Gasteiger partial charge is 0.379 e. The quantitative estimate of drug-likeness (QED) is 0.408. The summed E-state index contributed by atoms with van der Waals surface area (Å²) in [5.41, 5.74) is 5.47. The normalized spacial score (nSPS) is 10.2. The fraction of sp³-hybridized carbons (Fsp3) is 0. The van der Waals surface area contributed by atoms with Crippen LogP contribution in [0.4, 0.5) is 15.9 Å². The first-order chi connectivity index (χ1) is 8.09. The third kappa shape index (κ3) is 2.06. The minimum absolute atomic E-state index is 0.100. The highest BCUT2D eigenvalue weighted by Gasteiger charge is 2.19. The van der Waals surface area contributed by atoms with Crippen LogP contribution in [0.2, 0.25) is 0 Å². The van der Waals surface area contributed by atoms with Crippen molar-refractivity contribution in [1.29, 1.82) is 5.41 Å². The Balaban J connectivity index is 2.26. The van der Waals surface area contributed by atoms with Crippen molar-refractivity contribution in [3.05, 3.63) is 35.8 Å². The first kappa shape index (κ1) is 11.0. The van der Waals surface area contributed by atoms with Crippen LogP contribution in [0, 0.1) is 11.2 Å². The van der Waals surface area contributed by atoms with Crippen molar-refractivity contribution in [1.82, 2.24) is 10.3 Å². The Morgan fingerprint density at radius 2 is 2.00 bits per heavy atom. The van der Waals surface area contributed by atoms with Crippen LogP contribution in [-0.4, -0.2) is 21.4 Å².